The number of hydrogen-bond acceptors (Lipinski definition) is 10. The minimum atomic E-state index is -0.609. The lowest BCUT2D eigenvalue weighted by atomic mass is 9.93. The predicted octanol–water partition coefficient (Wildman–Crippen LogP) is 6.57. The first kappa shape index (κ1) is 38.3. The molecule has 0 spiro atoms. The summed E-state index contributed by atoms with van der Waals surface area (Å²) < 4.78 is 9.53. The van der Waals surface area contributed by atoms with E-state index in [1.165, 1.54) is 29.5 Å². The van der Waals surface area contributed by atoms with Gasteiger partial charge < -0.3 is 30.3 Å². The van der Waals surface area contributed by atoms with Crippen molar-refractivity contribution >= 4 is 41.6 Å². The molecule has 2 aromatic carbocycles. The first-order chi connectivity index (χ1) is 22.3. The number of aryl methyl sites for hydroxylation is 2. The van der Waals surface area contributed by atoms with E-state index in [-0.39, 0.29) is 34.8 Å². The number of anilines is 1. The topological polar surface area (TPSA) is 164 Å². The molecule has 4 aromatic rings. The maximum Gasteiger partial charge on any atom is 0.407 e. The van der Waals surface area contributed by atoms with Gasteiger partial charge >= 0.3 is 6.09 Å². The Morgan fingerprint density at radius 2 is 1.60 bits per heavy atom. The number of phenols is 1. The molecular formula is C35H41N3O8S. The van der Waals surface area contributed by atoms with Gasteiger partial charge in [0, 0.05) is 60.7 Å². The van der Waals surface area contributed by atoms with Crippen LogP contribution in [0, 0.1) is 13.8 Å². The summed E-state index contributed by atoms with van der Waals surface area (Å²) in [5, 5.41) is 25.6. The number of alkyl carbamates (subject to hydrolysis) is 1. The largest absolute Gasteiger partial charge is 0.507 e. The Kier molecular flexibility index (Phi) is 14.4. The van der Waals surface area contributed by atoms with Gasteiger partial charge in [0.05, 0.1) is 0 Å². The molecular weight excluding hydrogens is 622 g/mol. The minimum absolute atomic E-state index is 0.0360. The highest BCUT2D eigenvalue weighted by Crippen LogP contribution is 2.40. The van der Waals surface area contributed by atoms with Crippen LogP contribution in [0.15, 0.2) is 53.9 Å². The van der Waals surface area contributed by atoms with Gasteiger partial charge in [-0.3, -0.25) is 14.4 Å². The number of amides is 2. The second-order valence-corrected chi connectivity index (χ2v) is 12.0. The molecule has 0 unspecified atom stereocenters. The number of aromatic hydroxyl groups is 1. The number of rotatable bonds is 8. The zero-order valence-corrected chi connectivity index (χ0v) is 28.6. The van der Waals surface area contributed by atoms with Crippen LogP contribution in [0.2, 0.25) is 0 Å². The van der Waals surface area contributed by atoms with Crippen molar-refractivity contribution in [2.24, 2.45) is 0 Å². The van der Waals surface area contributed by atoms with Gasteiger partial charge in [-0.2, -0.15) is 0 Å². The Morgan fingerprint density at radius 3 is 2.15 bits per heavy atom. The number of aliphatic hydroxyl groups excluding tert-OH is 1. The minimum Gasteiger partial charge on any atom is -0.507 e. The van der Waals surface area contributed by atoms with E-state index >= 15 is 0 Å². The summed E-state index contributed by atoms with van der Waals surface area (Å²) >= 11 is 1.43. The number of carbonyl (C=O) groups is 4. The quantitative estimate of drug-likeness (QED) is 0.153. The fourth-order valence-corrected chi connectivity index (χ4v) is 5.31. The average Bonchev–Trinajstić information content (AvgIpc) is 3.46. The van der Waals surface area contributed by atoms with E-state index in [1.54, 1.807) is 53.2 Å². The maximum absolute atomic E-state index is 13.8. The fourth-order valence-electron chi connectivity index (χ4n) is 4.36. The van der Waals surface area contributed by atoms with Gasteiger partial charge in [0.15, 0.2) is 12.6 Å². The van der Waals surface area contributed by atoms with Crippen molar-refractivity contribution in [1.29, 1.82) is 0 Å². The Hall–Kier alpha value is -4.91. The molecule has 47 heavy (non-hydrogen) atoms. The van der Waals surface area contributed by atoms with Crippen molar-refractivity contribution in [3.8, 4) is 27.3 Å². The number of aliphatic hydroxyl groups is 1. The van der Waals surface area contributed by atoms with Crippen LogP contribution < -0.4 is 10.6 Å². The van der Waals surface area contributed by atoms with Crippen molar-refractivity contribution in [3.05, 3.63) is 87.6 Å². The first-order valence-electron chi connectivity index (χ1n) is 14.4. The average molecular weight is 664 g/mol. The van der Waals surface area contributed by atoms with Crippen molar-refractivity contribution in [1.82, 2.24) is 10.3 Å². The van der Waals surface area contributed by atoms with E-state index in [1.807, 2.05) is 31.4 Å². The van der Waals surface area contributed by atoms with E-state index in [0.717, 1.165) is 28.7 Å². The molecule has 0 fully saturated rings. The van der Waals surface area contributed by atoms with E-state index in [9.17, 15) is 24.3 Å². The number of thiophene rings is 1. The normalized spacial score (nSPS) is 10.4. The summed E-state index contributed by atoms with van der Waals surface area (Å²) in [5.74, 6) is -0.541. The molecule has 0 aliphatic heterocycles. The van der Waals surface area contributed by atoms with Crippen molar-refractivity contribution < 1.29 is 38.9 Å². The number of hydrogen-bond donors (Lipinski definition) is 4. The van der Waals surface area contributed by atoms with E-state index < -0.39 is 17.6 Å². The van der Waals surface area contributed by atoms with Crippen LogP contribution in [-0.2, 0) is 16.0 Å². The molecule has 0 aliphatic rings. The lowest BCUT2D eigenvalue weighted by Gasteiger charge is -2.20. The summed E-state index contributed by atoms with van der Waals surface area (Å²) in [5.41, 5.74) is 3.73. The van der Waals surface area contributed by atoms with Gasteiger partial charge in [0.1, 0.15) is 22.7 Å². The number of pyridine rings is 1. The highest BCUT2D eigenvalue weighted by atomic mass is 32.1. The second kappa shape index (κ2) is 17.7. The molecule has 0 atom stereocenters. The molecule has 0 saturated carbocycles. The third-order valence-corrected chi connectivity index (χ3v) is 7.38. The third-order valence-electron chi connectivity index (χ3n) is 6.33. The molecule has 11 nitrogen and oxygen atoms in total. The van der Waals surface area contributed by atoms with Crippen LogP contribution >= 0.6 is 11.3 Å². The number of aldehydes is 2. The first-order valence-corrected chi connectivity index (χ1v) is 15.3. The van der Waals surface area contributed by atoms with Crippen LogP contribution in [0.5, 0.6) is 5.75 Å². The number of ether oxygens (including phenoxy) is 2. The van der Waals surface area contributed by atoms with Crippen LogP contribution in [0.3, 0.4) is 0 Å². The molecule has 4 rings (SSSR count). The Labute approximate surface area is 278 Å². The zero-order valence-electron chi connectivity index (χ0n) is 27.8. The van der Waals surface area contributed by atoms with Crippen LogP contribution in [0.25, 0.3) is 21.6 Å². The summed E-state index contributed by atoms with van der Waals surface area (Å²) in [4.78, 5) is 53.8. The zero-order chi connectivity index (χ0) is 35.3. The van der Waals surface area contributed by atoms with Crippen LogP contribution in [0.1, 0.15) is 68.8 Å². The molecule has 2 aromatic heterocycles. The molecule has 250 valence electrons. The number of nitrogens with one attached hydrogen (secondary N) is 2. The summed E-state index contributed by atoms with van der Waals surface area (Å²) in [6.45, 7) is 9.34. The van der Waals surface area contributed by atoms with Crippen molar-refractivity contribution in [2.75, 3.05) is 26.6 Å². The summed E-state index contributed by atoms with van der Waals surface area (Å²) in [7, 11) is 4.25. The predicted molar refractivity (Wildman–Crippen MR) is 183 cm³/mol. The number of carbonyl (C=O) groups excluding carboxylic acids is 4. The fraction of sp³-hybridized carbons (Fsp3) is 0.286. The van der Waals surface area contributed by atoms with Gasteiger partial charge in [-0.25, -0.2) is 9.78 Å². The summed E-state index contributed by atoms with van der Waals surface area (Å²) in [6.07, 6.45) is 0.506. The number of methoxy groups -OCH3 is 1. The van der Waals surface area contributed by atoms with Crippen molar-refractivity contribution in [2.45, 2.75) is 46.8 Å². The summed E-state index contributed by atoms with van der Waals surface area (Å²) in [6, 6.07) is 13.3. The van der Waals surface area contributed by atoms with Crippen LogP contribution in [-0.4, -0.2) is 66.7 Å². The monoisotopic (exact) mass is 663 g/mol. The molecule has 0 bridgehead atoms. The standard InChI is InChI=1S/C32H31N3O6S.C2H6O.CH4O/c1-18-10-11-42-29(18)25-13-24(23(14-28(25)38)22-8-7-21(16-36)34-27(22)17-37)30(39)35-26-9-6-20(12-19(26)2)15-33-31(40)41-32(3,4)5;1-3-2;1-2/h6-14,16-17,38H,15H2,1-5H3,(H,33,40)(H,35,39);1-2H3;2H,1H3. The Morgan fingerprint density at radius 1 is 0.915 bits per heavy atom. The van der Waals surface area contributed by atoms with Gasteiger partial charge in [-0.05, 0) is 93.1 Å². The van der Waals surface area contributed by atoms with Crippen molar-refractivity contribution in [3.63, 3.8) is 0 Å². The lowest BCUT2D eigenvalue weighted by molar-refractivity contribution is 0.0523. The smallest absolute Gasteiger partial charge is 0.407 e. The Bertz CT molecular complexity index is 1710. The molecule has 0 radical (unpaired) electrons. The highest BCUT2D eigenvalue weighted by molar-refractivity contribution is 7.13. The molecule has 0 aliphatic carbocycles. The van der Waals surface area contributed by atoms with E-state index in [4.69, 9.17) is 9.84 Å². The van der Waals surface area contributed by atoms with Gasteiger partial charge in [-0.15, -0.1) is 11.3 Å². The number of nitrogens with zero attached hydrogens (tertiary/aromatic N) is 1. The van der Waals surface area contributed by atoms with E-state index in [2.05, 4.69) is 20.4 Å². The number of phenolic OH excluding ortho intramolecular Hbond substituents is 1. The maximum atomic E-state index is 13.8. The lowest BCUT2D eigenvalue weighted by Crippen LogP contribution is -2.32. The number of aromatic nitrogens is 1. The second-order valence-electron chi connectivity index (χ2n) is 11.1. The molecule has 2 amide bonds. The highest BCUT2D eigenvalue weighted by Gasteiger charge is 2.22. The molecule has 2 heterocycles. The van der Waals surface area contributed by atoms with Gasteiger partial charge in [-0.1, -0.05) is 12.1 Å². The third kappa shape index (κ3) is 10.6. The molecule has 4 N–H and O–H groups in total. The Balaban J connectivity index is 0.00000145. The number of benzene rings is 2. The molecule has 12 heteroatoms. The van der Waals surface area contributed by atoms with E-state index in [0.29, 0.717) is 29.4 Å². The van der Waals surface area contributed by atoms with Crippen LogP contribution in [0.4, 0.5) is 10.5 Å². The molecule has 0 saturated heterocycles. The SMILES string of the molecule is CO.COC.Cc1cc(CNC(=O)OC(C)(C)C)ccc1NC(=O)c1cc(-c2sccc2C)c(O)cc1-c1ccc(C=O)nc1C=O. The van der Waals surface area contributed by atoms with Gasteiger partial charge in [0.25, 0.3) is 5.91 Å². The van der Waals surface area contributed by atoms with Gasteiger partial charge in [0.2, 0.25) is 0 Å².